The topological polar surface area (TPSA) is 75.9 Å². The third kappa shape index (κ3) is 4.31. The fourth-order valence-corrected chi connectivity index (χ4v) is 3.50. The van der Waals surface area contributed by atoms with Crippen molar-refractivity contribution in [3.63, 3.8) is 0 Å². The summed E-state index contributed by atoms with van der Waals surface area (Å²) >= 11 is 0. The number of nitrogens with zero attached hydrogens (tertiary/aromatic N) is 2. The Balaban J connectivity index is 1.60. The highest BCUT2D eigenvalue weighted by molar-refractivity contribution is 5.95. The first-order valence-electron chi connectivity index (χ1n) is 9.99. The largest absolute Gasteiger partial charge is 0.485 e. The maximum Gasteiger partial charge on any atom is 0.270 e. The van der Waals surface area contributed by atoms with Crippen LogP contribution in [0.2, 0.25) is 0 Å². The lowest BCUT2D eigenvalue weighted by molar-refractivity contribution is 0.0909. The van der Waals surface area contributed by atoms with Crippen LogP contribution in [0.15, 0.2) is 66.9 Å². The molecule has 0 aliphatic heterocycles. The van der Waals surface area contributed by atoms with Crippen molar-refractivity contribution in [1.29, 1.82) is 0 Å². The number of hydrogen-bond acceptors (Lipinski definition) is 4. The third-order valence-electron chi connectivity index (χ3n) is 5.08. The Morgan fingerprint density at radius 3 is 2.69 bits per heavy atom. The summed E-state index contributed by atoms with van der Waals surface area (Å²) in [5.41, 5.74) is 1.96. The van der Waals surface area contributed by atoms with Crippen molar-refractivity contribution in [1.82, 2.24) is 14.7 Å². The Kier molecular flexibility index (Phi) is 6.13. The van der Waals surface area contributed by atoms with Gasteiger partial charge in [-0.25, -0.2) is 13.8 Å². The SMILES string of the molecule is Cc1nc2c(OCc3cc(F)ccc3F)cccn2c1C(=O)N[C@@H](CO)c1ccccc1. The Hall–Kier alpha value is -3.78. The van der Waals surface area contributed by atoms with E-state index in [0.29, 0.717) is 17.1 Å². The number of fused-ring (bicyclic) bond motifs is 1. The number of amides is 1. The molecule has 0 saturated carbocycles. The molecule has 1 amide bonds. The highest BCUT2D eigenvalue weighted by Crippen LogP contribution is 2.24. The molecule has 4 rings (SSSR count). The van der Waals surface area contributed by atoms with E-state index >= 15 is 0 Å². The number of benzene rings is 2. The summed E-state index contributed by atoms with van der Waals surface area (Å²) in [6.07, 6.45) is 1.66. The molecule has 0 aliphatic carbocycles. The minimum Gasteiger partial charge on any atom is -0.485 e. The van der Waals surface area contributed by atoms with E-state index in [9.17, 15) is 18.7 Å². The third-order valence-corrected chi connectivity index (χ3v) is 5.08. The van der Waals surface area contributed by atoms with Gasteiger partial charge in [0.15, 0.2) is 11.4 Å². The first kappa shape index (κ1) is 21.5. The lowest BCUT2D eigenvalue weighted by atomic mass is 10.1. The van der Waals surface area contributed by atoms with Crippen molar-refractivity contribution in [2.24, 2.45) is 0 Å². The standard InChI is InChI=1S/C24H21F2N3O3/c1-15-22(24(31)28-20(13-30)16-6-3-2-4-7-16)29-11-5-8-21(23(29)27-15)32-14-17-12-18(25)9-10-19(17)26/h2-12,20,30H,13-14H2,1H3,(H,28,31)/t20-/m0/s1. The normalized spacial score (nSPS) is 12.0. The van der Waals surface area contributed by atoms with Gasteiger partial charge in [-0.05, 0) is 42.8 Å². The van der Waals surface area contributed by atoms with Crippen molar-refractivity contribution in [3.05, 3.63) is 101 Å². The first-order valence-corrected chi connectivity index (χ1v) is 9.99. The molecular weight excluding hydrogens is 416 g/mol. The fourth-order valence-electron chi connectivity index (χ4n) is 3.50. The van der Waals surface area contributed by atoms with Crippen LogP contribution in [0.1, 0.15) is 33.4 Å². The average molecular weight is 437 g/mol. The first-order chi connectivity index (χ1) is 15.5. The molecule has 0 saturated heterocycles. The number of rotatable bonds is 7. The molecule has 8 heteroatoms. The van der Waals surface area contributed by atoms with E-state index in [1.54, 1.807) is 29.7 Å². The summed E-state index contributed by atoms with van der Waals surface area (Å²) in [6.45, 7) is 1.23. The molecule has 164 valence electrons. The van der Waals surface area contributed by atoms with Crippen molar-refractivity contribution in [3.8, 4) is 5.75 Å². The quantitative estimate of drug-likeness (QED) is 0.459. The molecule has 2 N–H and O–H groups in total. The molecule has 32 heavy (non-hydrogen) atoms. The number of carbonyl (C=O) groups excluding carboxylic acids is 1. The number of aliphatic hydroxyl groups excluding tert-OH is 1. The Bertz CT molecular complexity index is 1260. The van der Waals surface area contributed by atoms with Gasteiger partial charge in [0.05, 0.1) is 18.3 Å². The summed E-state index contributed by atoms with van der Waals surface area (Å²) < 4.78 is 34.6. The van der Waals surface area contributed by atoms with E-state index in [1.807, 2.05) is 30.3 Å². The van der Waals surface area contributed by atoms with Gasteiger partial charge in [-0.3, -0.25) is 9.20 Å². The number of carbonyl (C=O) groups is 1. The van der Waals surface area contributed by atoms with Gasteiger partial charge in [0.25, 0.3) is 5.91 Å². The summed E-state index contributed by atoms with van der Waals surface area (Å²) in [4.78, 5) is 17.5. The maximum absolute atomic E-state index is 13.9. The number of ether oxygens (including phenoxy) is 1. The molecule has 0 aliphatic rings. The number of aromatic nitrogens is 2. The van der Waals surface area contributed by atoms with Gasteiger partial charge in [0.2, 0.25) is 0 Å². The van der Waals surface area contributed by atoms with Crippen LogP contribution in [0.3, 0.4) is 0 Å². The zero-order valence-electron chi connectivity index (χ0n) is 17.3. The molecule has 0 radical (unpaired) electrons. The monoisotopic (exact) mass is 437 g/mol. The summed E-state index contributed by atoms with van der Waals surface area (Å²) in [5.74, 6) is -1.23. The van der Waals surface area contributed by atoms with E-state index in [2.05, 4.69) is 10.3 Å². The van der Waals surface area contributed by atoms with Crippen molar-refractivity contribution < 1.29 is 23.4 Å². The summed E-state index contributed by atoms with van der Waals surface area (Å²) in [7, 11) is 0. The van der Waals surface area contributed by atoms with E-state index in [4.69, 9.17) is 4.74 Å². The van der Waals surface area contributed by atoms with Crippen LogP contribution in [-0.2, 0) is 6.61 Å². The number of imidazole rings is 1. The highest BCUT2D eigenvalue weighted by Gasteiger charge is 2.22. The van der Waals surface area contributed by atoms with E-state index in [-0.39, 0.29) is 24.5 Å². The fraction of sp³-hybridized carbons (Fsp3) is 0.167. The van der Waals surface area contributed by atoms with Gasteiger partial charge in [0.1, 0.15) is 23.9 Å². The van der Waals surface area contributed by atoms with E-state index in [1.165, 1.54) is 0 Å². The van der Waals surface area contributed by atoms with Crippen LogP contribution >= 0.6 is 0 Å². The average Bonchev–Trinajstić information content (AvgIpc) is 3.15. The minimum absolute atomic E-state index is 0.0712. The smallest absolute Gasteiger partial charge is 0.270 e. The predicted octanol–water partition coefficient (Wildman–Crippen LogP) is 3.96. The van der Waals surface area contributed by atoms with Gasteiger partial charge in [-0.15, -0.1) is 0 Å². The molecule has 0 fully saturated rings. The Morgan fingerprint density at radius 1 is 1.16 bits per heavy atom. The molecular formula is C24H21F2N3O3. The zero-order chi connectivity index (χ0) is 22.7. The second kappa shape index (κ2) is 9.15. The second-order valence-electron chi connectivity index (χ2n) is 7.26. The van der Waals surface area contributed by atoms with Gasteiger partial charge in [-0.1, -0.05) is 30.3 Å². The number of aliphatic hydroxyl groups is 1. The van der Waals surface area contributed by atoms with Gasteiger partial charge in [0, 0.05) is 11.8 Å². The van der Waals surface area contributed by atoms with E-state index < -0.39 is 23.6 Å². The van der Waals surface area contributed by atoms with Crippen LogP contribution in [0, 0.1) is 18.6 Å². The van der Waals surface area contributed by atoms with Crippen molar-refractivity contribution in [2.75, 3.05) is 6.61 Å². The molecule has 2 heterocycles. The zero-order valence-corrected chi connectivity index (χ0v) is 17.3. The predicted molar refractivity (Wildman–Crippen MR) is 114 cm³/mol. The van der Waals surface area contributed by atoms with Crippen LogP contribution in [-0.4, -0.2) is 27.0 Å². The highest BCUT2D eigenvalue weighted by atomic mass is 19.1. The molecule has 2 aromatic heterocycles. The summed E-state index contributed by atoms with van der Waals surface area (Å²) in [5, 5.41) is 12.6. The number of nitrogens with one attached hydrogen (secondary N) is 1. The number of halogens is 2. The second-order valence-corrected chi connectivity index (χ2v) is 7.26. The van der Waals surface area contributed by atoms with E-state index in [0.717, 1.165) is 23.8 Å². The van der Waals surface area contributed by atoms with Gasteiger partial charge < -0.3 is 15.2 Å². The number of hydrogen-bond donors (Lipinski definition) is 2. The minimum atomic E-state index is -0.580. The van der Waals surface area contributed by atoms with Crippen LogP contribution in [0.5, 0.6) is 5.75 Å². The lowest BCUT2D eigenvalue weighted by Gasteiger charge is -2.17. The molecule has 0 unspecified atom stereocenters. The number of pyridine rings is 1. The Morgan fingerprint density at radius 2 is 1.94 bits per heavy atom. The number of aryl methyl sites for hydroxylation is 1. The molecule has 0 bridgehead atoms. The van der Waals surface area contributed by atoms with Crippen molar-refractivity contribution >= 4 is 11.6 Å². The summed E-state index contributed by atoms with van der Waals surface area (Å²) in [6, 6.07) is 15.0. The van der Waals surface area contributed by atoms with Crippen LogP contribution in [0.25, 0.3) is 5.65 Å². The molecule has 0 spiro atoms. The van der Waals surface area contributed by atoms with Crippen LogP contribution < -0.4 is 10.1 Å². The van der Waals surface area contributed by atoms with Gasteiger partial charge in [-0.2, -0.15) is 0 Å². The lowest BCUT2D eigenvalue weighted by Crippen LogP contribution is -2.32. The van der Waals surface area contributed by atoms with Crippen molar-refractivity contribution in [2.45, 2.75) is 19.6 Å². The molecule has 2 aromatic carbocycles. The maximum atomic E-state index is 13.9. The molecule has 1 atom stereocenters. The Labute approximate surface area is 183 Å². The van der Waals surface area contributed by atoms with Gasteiger partial charge >= 0.3 is 0 Å². The molecule has 6 nitrogen and oxygen atoms in total. The molecule has 4 aromatic rings. The van der Waals surface area contributed by atoms with Crippen LogP contribution in [0.4, 0.5) is 8.78 Å².